The van der Waals surface area contributed by atoms with E-state index in [1.165, 1.54) is 5.56 Å². The largest absolute Gasteiger partial charge is 0.464 e. The van der Waals surface area contributed by atoms with Gasteiger partial charge in [0.1, 0.15) is 11.5 Å². The predicted molar refractivity (Wildman–Crippen MR) is 103 cm³/mol. The molecule has 0 spiro atoms. The number of nitrogens with zero attached hydrogens (tertiary/aromatic N) is 1. The maximum absolute atomic E-state index is 6.10. The third-order valence-electron chi connectivity index (χ3n) is 4.18. The maximum Gasteiger partial charge on any atom is 0.191 e. The van der Waals surface area contributed by atoms with Gasteiger partial charge in [-0.05, 0) is 56.2 Å². The zero-order chi connectivity index (χ0) is 17.8. The number of guanidine groups is 1. The number of aryl methyl sites for hydroxylation is 1. The van der Waals surface area contributed by atoms with Crippen LogP contribution in [-0.4, -0.2) is 24.5 Å². The van der Waals surface area contributed by atoms with Crippen LogP contribution in [0.3, 0.4) is 0 Å². The normalized spacial score (nSPS) is 13.2. The van der Waals surface area contributed by atoms with Crippen LogP contribution in [0.5, 0.6) is 0 Å². The van der Waals surface area contributed by atoms with Crippen LogP contribution < -0.4 is 10.6 Å². The smallest absolute Gasteiger partial charge is 0.191 e. The van der Waals surface area contributed by atoms with Crippen molar-refractivity contribution in [3.05, 3.63) is 58.6 Å². The summed E-state index contributed by atoms with van der Waals surface area (Å²) in [5.74, 6) is 2.55. The van der Waals surface area contributed by atoms with Crippen molar-refractivity contribution in [3.63, 3.8) is 0 Å². The number of aromatic nitrogens is 1. The van der Waals surface area contributed by atoms with Gasteiger partial charge in [-0.15, -0.1) is 0 Å². The van der Waals surface area contributed by atoms with Gasteiger partial charge in [0.25, 0.3) is 0 Å². The number of halogens is 1. The molecule has 0 radical (unpaired) electrons. The first-order chi connectivity index (χ1) is 12.1. The Balaban J connectivity index is 1.57. The van der Waals surface area contributed by atoms with Crippen LogP contribution in [0.1, 0.15) is 30.0 Å². The molecule has 2 heterocycles. The van der Waals surface area contributed by atoms with E-state index in [0.29, 0.717) is 0 Å². The van der Waals surface area contributed by atoms with Crippen LogP contribution in [-0.2, 0) is 6.42 Å². The lowest BCUT2D eigenvalue weighted by atomic mass is 10.1. The Labute approximate surface area is 152 Å². The van der Waals surface area contributed by atoms with Crippen LogP contribution >= 0.6 is 11.6 Å². The van der Waals surface area contributed by atoms with Crippen molar-refractivity contribution in [1.29, 1.82) is 0 Å². The number of aromatic amines is 1. The molecule has 25 heavy (non-hydrogen) atoms. The summed E-state index contributed by atoms with van der Waals surface area (Å²) in [7, 11) is 1.76. The van der Waals surface area contributed by atoms with E-state index in [4.69, 9.17) is 16.0 Å². The fraction of sp³-hybridized carbons (Fsp3) is 0.316. The molecule has 1 unspecified atom stereocenters. The first kappa shape index (κ1) is 17.4. The molecule has 0 amide bonds. The molecule has 0 bridgehead atoms. The van der Waals surface area contributed by atoms with Crippen LogP contribution in [0.25, 0.3) is 10.9 Å². The summed E-state index contributed by atoms with van der Waals surface area (Å²) in [5.41, 5.74) is 2.33. The molecule has 0 fully saturated rings. The minimum Gasteiger partial charge on any atom is -0.464 e. The summed E-state index contributed by atoms with van der Waals surface area (Å²) in [6.45, 7) is 4.76. The van der Waals surface area contributed by atoms with Gasteiger partial charge in [-0.25, -0.2) is 0 Å². The number of hydrogen-bond donors (Lipinski definition) is 3. The predicted octanol–water partition coefficient (Wildman–Crippen LogP) is 4.19. The Kier molecular flexibility index (Phi) is 5.34. The lowest BCUT2D eigenvalue weighted by Gasteiger charge is -2.16. The van der Waals surface area contributed by atoms with Gasteiger partial charge in [0, 0.05) is 35.7 Å². The lowest BCUT2D eigenvalue weighted by molar-refractivity contribution is 0.441. The van der Waals surface area contributed by atoms with Crippen molar-refractivity contribution in [2.45, 2.75) is 26.3 Å². The van der Waals surface area contributed by atoms with Gasteiger partial charge in [0.15, 0.2) is 5.96 Å². The van der Waals surface area contributed by atoms with Gasteiger partial charge >= 0.3 is 0 Å². The van der Waals surface area contributed by atoms with Crippen LogP contribution in [0, 0.1) is 6.92 Å². The Bertz CT molecular complexity index is 881. The summed E-state index contributed by atoms with van der Waals surface area (Å²) < 4.78 is 5.65. The standard InChI is InChI=1S/C19H23ClN4O/c1-12-4-7-18(25-12)13(2)24-19(21-3)22-9-8-14-11-23-17-6-5-15(20)10-16(14)17/h4-7,10-11,13,23H,8-9H2,1-3H3,(H2,21,22,24). The fourth-order valence-corrected chi connectivity index (χ4v) is 3.00. The monoisotopic (exact) mass is 358 g/mol. The molecule has 0 saturated heterocycles. The number of nitrogens with one attached hydrogen (secondary N) is 3. The summed E-state index contributed by atoms with van der Waals surface area (Å²) in [4.78, 5) is 7.56. The van der Waals surface area contributed by atoms with E-state index < -0.39 is 0 Å². The van der Waals surface area contributed by atoms with E-state index in [1.54, 1.807) is 7.05 Å². The van der Waals surface area contributed by atoms with E-state index in [9.17, 15) is 0 Å². The number of furan rings is 1. The molecule has 0 aliphatic heterocycles. The molecule has 2 aromatic heterocycles. The summed E-state index contributed by atoms with van der Waals surface area (Å²) >= 11 is 6.10. The number of benzene rings is 1. The molecule has 1 aromatic carbocycles. The second-order valence-corrected chi connectivity index (χ2v) is 6.50. The van der Waals surface area contributed by atoms with Crippen molar-refractivity contribution >= 4 is 28.5 Å². The molecule has 0 aliphatic carbocycles. The molecule has 1 atom stereocenters. The molecule has 3 aromatic rings. The molecule has 0 aliphatic rings. The van der Waals surface area contributed by atoms with E-state index in [0.717, 1.165) is 46.4 Å². The maximum atomic E-state index is 6.10. The second-order valence-electron chi connectivity index (χ2n) is 6.07. The zero-order valence-electron chi connectivity index (χ0n) is 14.7. The van der Waals surface area contributed by atoms with Gasteiger partial charge < -0.3 is 20.0 Å². The molecule has 3 N–H and O–H groups in total. The highest BCUT2D eigenvalue weighted by Crippen LogP contribution is 2.22. The van der Waals surface area contributed by atoms with Crippen LogP contribution in [0.4, 0.5) is 0 Å². The van der Waals surface area contributed by atoms with Gasteiger partial charge in [-0.1, -0.05) is 11.6 Å². The van der Waals surface area contributed by atoms with E-state index in [2.05, 4.69) is 20.6 Å². The van der Waals surface area contributed by atoms with E-state index in [1.807, 2.05) is 50.4 Å². The number of hydrogen-bond acceptors (Lipinski definition) is 2. The molecule has 0 saturated carbocycles. The molecule has 5 nitrogen and oxygen atoms in total. The molecule has 6 heteroatoms. The molecular formula is C19H23ClN4O. The minimum atomic E-state index is 0.0480. The topological polar surface area (TPSA) is 65.3 Å². The molecular weight excluding hydrogens is 336 g/mol. The van der Waals surface area contributed by atoms with E-state index >= 15 is 0 Å². The summed E-state index contributed by atoms with van der Waals surface area (Å²) in [6.07, 6.45) is 2.91. The van der Waals surface area contributed by atoms with Crippen LogP contribution in [0.2, 0.25) is 5.02 Å². The van der Waals surface area contributed by atoms with Crippen molar-refractivity contribution in [2.24, 2.45) is 4.99 Å². The highest BCUT2D eigenvalue weighted by Gasteiger charge is 2.11. The third-order valence-corrected chi connectivity index (χ3v) is 4.42. The van der Waals surface area contributed by atoms with Crippen LogP contribution in [0.15, 0.2) is 45.9 Å². The minimum absolute atomic E-state index is 0.0480. The second kappa shape index (κ2) is 7.66. The Hall–Kier alpha value is -2.40. The summed E-state index contributed by atoms with van der Waals surface area (Å²) in [5, 5.41) is 8.60. The number of rotatable bonds is 5. The first-order valence-electron chi connectivity index (χ1n) is 8.36. The highest BCUT2D eigenvalue weighted by atomic mass is 35.5. The van der Waals surface area contributed by atoms with Gasteiger partial charge in [0.05, 0.1) is 6.04 Å². The Morgan fingerprint density at radius 2 is 2.16 bits per heavy atom. The summed E-state index contributed by atoms with van der Waals surface area (Å²) in [6, 6.07) is 9.89. The van der Waals surface area contributed by atoms with Gasteiger partial charge in [0.2, 0.25) is 0 Å². The van der Waals surface area contributed by atoms with Crippen molar-refractivity contribution in [2.75, 3.05) is 13.6 Å². The van der Waals surface area contributed by atoms with E-state index in [-0.39, 0.29) is 6.04 Å². The SMILES string of the molecule is CN=C(NCCc1c[nH]c2ccc(Cl)cc12)NC(C)c1ccc(C)o1. The van der Waals surface area contributed by atoms with Gasteiger partial charge in [-0.3, -0.25) is 4.99 Å². The Morgan fingerprint density at radius 1 is 1.32 bits per heavy atom. The first-order valence-corrected chi connectivity index (χ1v) is 8.73. The quantitative estimate of drug-likeness (QED) is 0.473. The number of aliphatic imine (C=N–C) groups is 1. The third kappa shape index (κ3) is 4.17. The average Bonchev–Trinajstić information content (AvgIpc) is 3.20. The number of fused-ring (bicyclic) bond motifs is 1. The number of H-pyrrole nitrogens is 1. The molecule has 132 valence electrons. The lowest BCUT2D eigenvalue weighted by Crippen LogP contribution is -2.39. The Morgan fingerprint density at radius 3 is 2.88 bits per heavy atom. The van der Waals surface area contributed by atoms with Crippen molar-refractivity contribution in [1.82, 2.24) is 15.6 Å². The van der Waals surface area contributed by atoms with Crippen molar-refractivity contribution < 1.29 is 4.42 Å². The van der Waals surface area contributed by atoms with Gasteiger partial charge in [-0.2, -0.15) is 0 Å². The zero-order valence-corrected chi connectivity index (χ0v) is 15.4. The fourth-order valence-electron chi connectivity index (χ4n) is 2.83. The highest BCUT2D eigenvalue weighted by molar-refractivity contribution is 6.31. The average molecular weight is 359 g/mol. The van der Waals surface area contributed by atoms with Crippen molar-refractivity contribution in [3.8, 4) is 0 Å². The molecule has 3 rings (SSSR count).